The third-order valence-corrected chi connectivity index (χ3v) is 4.14. The second kappa shape index (κ2) is 6.19. The van der Waals surface area contributed by atoms with Crippen LogP contribution in [-0.4, -0.2) is 16.5 Å². The van der Waals surface area contributed by atoms with Crippen molar-refractivity contribution in [3.05, 3.63) is 50.4 Å². The van der Waals surface area contributed by atoms with Gasteiger partial charge in [0.25, 0.3) is 0 Å². The largest absolute Gasteiger partial charge is 0.378 e. The van der Waals surface area contributed by atoms with Gasteiger partial charge in [0.05, 0.1) is 9.75 Å². The molecule has 0 atom stereocenters. The van der Waals surface area contributed by atoms with Crippen molar-refractivity contribution in [2.24, 2.45) is 0 Å². The lowest BCUT2D eigenvalue weighted by Crippen LogP contribution is -2.14. The molecule has 0 amide bonds. The average Bonchev–Trinajstić information content (AvgIpc) is 3.04. The van der Waals surface area contributed by atoms with Gasteiger partial charge in [-0.25, -0.2) is 0 Å². The maximum atomic E-state index is 12.0. The highest BCUT2D eigenvalue weighted by Crippen LogP contribution is 2.18. The molecule has 0 bridgehead atoms. The van der Waals surface area contributed by atoms with Crippen molar-refractivity contribution in [1.29, 1.82) is 0 Å². The molecule has 4 heteroatoms. The van der Waals surface area contributed by atoms with E-state index >= 15 is 0 Å². The molecular weight excluding hydrogens is 288 g/mol. The first-order chi connectivity index (χ1) is 9.44. The van der Waals surface area contributed by atoms with Crippen molar-refractivity contribution in [3.8, 4) is 11.8 Å². The summed E-state index contributed by atoms with van der Waals surface area (Å²) in [6.45, 7) is 3.26. The first kappa shape index (κ1) is 14.7. The summed E-state index contributed by atoms with van der Waals surface area (Å²) in [4.78, 5) is 14.5. The standard InChI is InChI=1S/C16H14O2S2/c1-16(2,18)10-9-13-6-8-15(20-13)14(17)7-5-12-4-3-11-19-12/h3-8,11,18H,1-2H3/b7-5-. The fourth-order valence-corrected chi connectivity index (χ4v) is 2.78. The Kier molecular flexibility index (Phi) is 4.56. The molecule has 0 unspecified atom stereocenters. The summed E-state index contributed by atoms with van der Waals surface area (Å²) < 4.78 is 0. The molecule has 0 spiro atoms. The van der Waals surface area contributed by atoms with Crippen LogP contribution in [0.2, 0.25) is 0 Å². The Hall–Kier alpha value is -1.67. The molecule has 0 saturated heterocycles. The zero-order valence-corrected chi connectivity index (χ0v) is 12.8. The third-order valence-electron chi connectivity index (χ3n) is 2.28. The molecular formula is C16H14O2S2. The number of aliphatic hydroxyl groups is 1. The summed E-state index contributed by atoms with van der Waals surface area (Å²) in [6.07, 6.45) is 3.39. The van der Waals surface area contributed by atoms with Crippen LogP contribution in [0, 0.1) is 11.8 Å². The number of ketones is 1. The van der Waals surface area contributed by atoms with Crippen LogP contribution in [0.4, 0.5) is 0 Å². The quantitative estimate of drug-likeness (QED) is 0.531. The van der Waals surface area contributed by atoms with Gasteiger partial charge in [0.15, 0.2) is 5.78 Å². The average molecular weight is 302 g/mol. The number of carbonyl (C=O) groups excluding carboxylic acids is 1. The lowest BCUT2D eigenvalue weighted by atomic mass is 10.1. The van der Waals surface area contributed by atoms with Gasteiger partial charge in [0.2, 0.25) is 0 Å². The molecule has 0 aliphatic rings. The fourth-order valence-electron chi connectivity index (χ4n) is 1.38. The summed E-state index contributed by atoms with van der Waals surface area (Å²) in [6, 6.07) is 7.48. The van der Waals surface area contributed by atoms with E-state index in [1.807, 2.05) is 23.6 Å². The van der Waals surface area contributed by atoms with Gasteiger partial charge in [-0.05, 0) is 49.6 Å². The van der Waals surface area contributed by atoms with E-state index in [2.05, 4.69) is 11.8 Å². The van der Waals surface area contributed by atoms with E-state index in [9.17, 15) is 9.90 Å². The second-order valence-corrected chi connectivity index (χ2v) is 6.75. The summed E-state index contributed by atoms with van der Waals surface area (Å²) in [5.74, 6) is 5.58. The predicted octanol–water partition coefficient (Wildman–Crippen LogP) is 3.83. The number of allylic oxidation sites excluding steroid dienone is 1. The van der Waals surface area contributed by atoms with Gasteiger partial charge >= 0.3 is 0 Å². The van der Waals surface area contributed by atoms with Gasteiger partial charge in [-0.1, -0.05) is 17.9 Å². The molecule has 2 rings (SSSR count). The summed E-state index contributed by atoms with van der Waals surface area (Å²) >= 11 is 2.93. The molecule has 2 aromatic heterocycles. The van der Waals surface area contributed by atoms with Gasteiger partial charge in [0, 0.05) is 4.88 Å². The van der Waals surface area contributed by atoms with E-state index in [1.165, 1.54) is 11.3 Å². The van der Waals surface area contributed by atoms with Crippen LogP contribution in [0.1, 0.15) is 33.3 Å². The van der Waals surface area contributed by atoms with Crippen LogP contribution in [0.25, 0.3) is 6.08 Å². The molecule has 0 aliphatic heterocycles. The number of thiophene rings is 2. The topological polar surface area (TPSA) is 37.3 Å². The number of rotatable bonds is 3. The highest BCUT2D eigenvalue weighted by Gasteiger charge is 2.08. The Labute approximate surface area is 126 Å². The number of carbonyl (C=O) groups is 1. The Morgan fingerprint density at radius 1 is 1.35 bits per heavy atom. The summed E-state index contributed by atoms with van der Waals surface area (Å²) in [5, 5.41) is 11.5. The zero-order valence-electron chi connectivity index (χ0n) is 11.2. The van der Waals surface area contributed by atoms with E-state index in [1.54, 1.807) is 43.4 Å². The van der Waals surface area contributed by atoms with E-state index in [0.717, 1.165) is 9.75 Å². The fraction of sp³-hybridized carbons (Fsp3) is 0.188. The first-order valence-electron chi connectivity index (χ1n) is 6.05. The van der Waals surface area contributed by atoms with Crippen LogP contribution in [-0.2, 0) is 0 Å². The lowest BCUT2D eigenvalue weighted by molar-refractivity contribution is 0.105. The maximum absolute atomic E-state index is 12.0. The molecule has 2 aromatic rings. The predicted molar refractivity (Wildman–Crippen MR) is 85.2 cm³/mol. The second-order valence-electron chi connectivity index (χ2n) is 4.69. The van der Waals surface area contributed by atoms with Gasteiger partial charge in [0.1, 0.15) is 5.60 Å². The highest BCUT2D eigenvalue weighted by molar-refractivity contribution is 7.14. The summed E-state index contributed by atoms with van der Waals surface area (Å²) in [7, 11) is 0. The smallest absolute Gasteiger partial charge is 0.195 e. The maximum Gasteiger partial charge on any atom is 0.195 e. The molecule has 0 fully saturated rings. The van der Waals surface area contributed by atoms with Crippen molar-refractivity contribution in [2.75, 3.05) is 0 Å². The van der Waals surface area contributed by atoms with Crippen molar-refractivity contribution in [3.63, 3.8) is 0 Å². The van der Waals surface area contributed by atoms with Crippen LogP contribution in [0.3, 0.4) is 0 Å². The van der Waals surface area contributed by atoms with Gasteiger partial charge < -0.3 is 5.11 Å². The molecule has 2 heterocycles. The van der Waals surface area contributed by atoms with E-state index < -0.39 is 5.60 Å². The number of hydrogen-bond donors (Lipinski definition) is 1. The Morgan fingerprint density at radius 3 is 2.80 bits per heavy atom. The Bertz CT molecular complexity index is 674. The highest BCUT2D eigenvalue weighted by atomic mass is 32.1. The third kappa shape index (κ3) is 4.46. The van der Waals surface area contributed by atoms with E-state index in [-0.39, 0.29) is 5.78 Å². The van der Waals surface area contributed by atoms with Crippen LogP contribution in [0.5, 0.6) is 0 Å². The monoisotopic (exact) mass is 302 g/mol. The minimum absolute atomic E-state index is 0.0280. The van der Waals surface area contributed by atoms with Gasteiger partial charge in [-0.2, -0.15) is 0 Å². The van der Waals surface area contributed by atoms with Gasteiger partial charge in [-0.15, -0.1) is 22.7 Å². The molecule has 102 valence electrons. The van der Waals surface area contributed by atoms with Crippen molar-refractivity contribution in [2.45, 2.75) is 19.4 Å². The van der Waals surface area contributed by atoms with Crippen LogP contribution < -0.4 is 0 Å². The minimum atomic E-state index is -1.02. The zero-order chi connectivity index (χ0) is 14.6. The molecule has 0 saturated carbocycles. The lowest BCUT2D eigenvalue weighted by Gasteiger charge is -2.05. The van der Waals surface area contributed by atoms with Crippen molar-refractivity contribution < 1.29 is 9.90 Å². The molecule has 0 aliphatic carbocycles. The first-order valence-corrected chi connectivity index (χ1v) is 7.75. The number of hydrogen-bond acceptors (Lipinski definition) is 4. The molecule has 20 heavy (non-hydrogen) atoms. The SMILES string of the molecule is CC(C)(O)C#Cc1ccc(C(=O)/C=C\c2cccs2)s1. The molecule has 0 aromatic carbocycles. The molecule has 0 radical (unpaired) electrons. The van der Waals surface area contributed by atoms with Crippen LogP contribution >= 0.6 is 22.7 Å². The molecule has 2 nitrogen and oxygen atoms in total. The summed E-state index contributed by atoms with van der Waals surface area (Å²) in [5.41, 5.74) is -1.02. The Balaban J connectivity index is 2.08. The molecule has 1 N–H and O–H groups in total. The van der Waals surface area contributed by atoms with Gasteiger partial charge in [-0.3, -0.25) is 4.79 Å². The van der Waals surface area contributed by atoms with E-state index in [4.69, 9.17) is 0 Å². The Morgan fingerprint density at radius 2 is 2.15 bits per heavy atom. The minimum Gasteiger partial charge on any atom is -0.378 e. The van der Waals surface area contributed by atoms with Crippen LogP contribution in [0.15, 0.2) is 35.7 Å². The van der Waals surface area contributed by atoms with E-state index in [0.29, 0.717) is 4.88 Å². The normalized spacial score (nSPS) is 11.3. The van der Waals surface area contributed by atoms with Crippen molar-refractivity contribution in [1.82, 2.24) is 0 Å². The van der Waals surface area contributed by atoms with Crippen molar-refractivity contribution >= 4 is 34.5 Å².